The van der Waals surface area contributed by atoms with Crippen molar-refractivity contribution < 1.29 is 0 Å². The number of aromatic nitrogens is 2. The molecule has 1 aromatic heterocycles. The Morgan fingerprint density at radius 1 is 0.550 bits per heavy atom. The van der Waals surface area contributed by atoms with Crippen LogP contribution < -0.4 is 5.46 Å². The van der Waals surface area contributed by atoms with Crippen molar-refractivity contribution in [3.05, 3.63) is 150 Å². The Kier molecular flexibility index (Phi) is 5.18. The molecule has 2 nitrogen and oxygen atoms in total. The van der Waals surface area contributed by atoms with Crippen molar-refractivity contribution >= 4 is 34.9 Å². The molecule has 0 amide bonds. The van der Waals surface area contributed by atoms with E-state index in [1.165, 1.54) is 43.8 Å². The van der Waals surface area contributed by atoms with Gasteiger partial charge in [0.05, 0.1) is 5.69 Å². The Morgan fingerprint density at radius 2 is 1.15 bits per heavy atom. The summed E-state index contributed by atoms with van der Waals surface area (Å²) in [6.45, 7) is 0. The van der Waals surface area contributed by atoms with Gasteiger partial charge in [0, 0.05) is 28.8 Å². The standard InChI is InChI=1S/C37H23BN2/c38-25-19-20-30-31(21-25)33-28-17-9-7-15-26(28)27-16-8-10-18-29(27)35(33)34(30)32-22-39-37(24-13-5-2-6-14-24)40-36(32)23-11-3-1-4-12-23/h1-22,34H. The Morgan fingerprint density at radius 3 is 1.88 bits per heavy atom. The minimum atomic E-state index is -0.0415. The van der Waals surface area contributed by atoms with E-state index in [0.29, 0.717) is 0 Å². The minimum absolute atomic E-state index is 0.0415. The summed E-state index contributed by atoms with van der Waals surface area (Å²) >= 11 is 0. The number of rotatable bonds is 3. The van der Waals surface area contributed by atoms with Crippen molar-refractivity contribution in [3.8, 4) is 33.8 Å². The van der Waals surface area contributed by atoms with Gasteiger partial charge in [-0.2, -0.15) is 0 Å². The highest BCUT2D eigenvalue weighted by Gasteiger charge is 2.35. The number of hydrogen-bond donors (Lipinski definition) is 0. The third-order valence-corrected chi connectivity index (χ3v) is 8.13. The number of fused-ring (bicyclic) bond motifs is 8. The Bertz CT molecular complexity index is 2070. The normalized spacial score (nSPS) is 13.8. The first-order valence-electron chi connectivity index (χ1n) is 13.6. The van der Waals surface area contributed by atoms with Crippen LogP contribution in [0.4, 0.5) is 0 Å². The molecule has 0 bridgehead atoms. The van der Waals surface area contributed by atoms with Gasteiger partial charge >= 0.3 is 0 Å². The van der Waals surface area contributed by atoms with Gasteiger partial charge in [-0.15, -0.1) is 0 Å². The predicted molar refractivity (Wildman–Crippen MR) is 166 cm³/mol. The Hall–Kier alpha value is -5.02. The molecule has 0 saturated carbocycles. The molecule has 3 heteroatoms. The van der Waals surface area contributed by atoms with E-state index < -0.39 is 0 Å². The van der Waals surface area contributed by atoms with Gasteiger partial charge in [-0.1, -0.05) is 133 Å². The zero-order valence-electron chi connectivity index (χ0n) is 21.8. The number of hydrogen-bond acceptors (Lipinski definition) is 2. The topological polar surface area (TPSA) is 25.8 Å². The highest BCUT2D eigenvalue weighted by Crippen LogP contribution is 2.54. The largest absolute Gasteiger partial charge is 0.236 e. The van der Waals surface area contributed by atoms with E-state index in [-0.39, 0.29) is 5.92 Å². The van der Waals surface area contributed by atoms with Gasteiger partial charge in [0.25, 0.3) is 0 Å². The summed E-state index contributed by atoms with van der Waals surface area (Å²) in [5.74, 6) is 0.683. The van der Waals surface area contributed by atoms with Crippen LogP contribution in [-0.2, 0) is 0 Å². The van der Waals surface area contributed by atoms with Crippen molar-refractivity contribution in [1.29, 1.82) is 0 Å². The lowest BCUT2D eigenvalue weighted by Gasteiger charge is -2.21. The molecule has 0 fully saturated rings. The maximum absolute atomic E-state index is 6.41. The smallest absolute Gasteiger partial charge is 0.159 e. The molecule has 1 aliphatic rings. The molecule has 0 aliphatic heterocycles. The molecule has 2 radical (unpaired) electrons. The van der Waals surface area contributed by atoms with Gasteiger partial charge in [0.15, 0.2) is 5.82 Å². The third-order valence-electron chi connectivity index (χ3n) is 8.13. The molecular formula is C37H23BN2. The van der Waals surface area contributed by atoms with Crippen LogP contribution in [0.25, 0.3) is 55.3 Å². The highest BCUT2D eigenvalue weighted by molar-refractivity contribution is 6.33. The molecule has 1 aliphatic carbocycles. The Balaban J connectivity index is 1.49. The molecular weight excluding hydrogens is 483 g/mol. The molecule has 1 atom stereocenters. The zero-order valence-corrected chi connectivity index (χ0v) is 21.8. The minimum Gasteiger partial charge on any atom is -0.236 e. The van der Waals surface area contributed by atoms with Crippen molar-refractivity contribution in [1.82, 2.24) is 9.97 Å². The van der Waals surface area contributed by atoms with Crippen LogP contribution in [-0.4, -0.2) is 17.8 Å². The second-order valence-electron chi connectivity index (χ2n) is 10.4. The van der Waals surface area contributed by atoms with E-state index >= 15 is 0 Å². The van der Waals surface area contributed by atoms with Gasteiger partial charge in [-0.25, -0.2) is 9.97 Å². The SMILES string of the molecule is [B]c1ccc2c(c1)-c1c(c3ccccc3c3ccccc13)C2c1cnc(-c2ccccc2)nc1-c1ccccc1. The van der Waals surface area contributed by atoms with Gasteiger partial charge in [-0.05, 0) is 43.8 Å². The lowest BCUT2D eigenvalue weighted by molar-refractivity contribution is 0.985. The molecule has 184 valence electrons. The van der Waals surface area contributed by atoms with Crippen LogP contribution in [0, 0.1) is 0 Å². The lowest BCUT2D eigenvalue weighted by Crippen LogP contribution is -2.07. The average Bonchev–Trinajstić information content (AvgIpc) is 3.36. The van der Waals surface area contributed by atoms with Gasteiger partial charge in [0.1, 0.15) is 7.85 Å². The van der Waals surface area contributed by atoms with Crippen molar-refractivity contribution in [3.63, 3.8) is 0 Å². The average molecular weight is 506 g/mol. The quantitative estimate of drug-likeness (QED) is 0.179. The molecule has 0 spiro atoms. The van der Waals surface area contributed by atoms with Crippen molar-refractivity contribution in [2.45, 2.75) is 5.92 Å². The molecule has 1 heterocycles. The fourth-order valence-corrected chi connectivity index (χ4v) is 6.44. The second kappa shape index (κ2) is 9.03. The molecule has 6 aromatic carbocycles. The van der Waals surface area contributed by atoms with Gasteiger partial charge < -0.3 is 0 Å². The Labute approximate surface area is 234 Å². The summed E-state index contributed by atoms with van der Waals surface area (Å²) in [6.07, 6.45) is 2.04. The first kappa shape index (κ1) is 22.9. The number of nitrogens with zero attached hydrogens (tertiary/aromatic N) is 2. The summed E-state index contributed by atoms with van der Waals surface area (Å²) in [5, 5.41) is 5.01. The molecule has 0 N–H and O–H groups in total. The van der Waals surface area contributed by atoms with Crippen LogP contribution in [0.1, 0.15) is 22.6 Å². The summed E-state index contributed by atoms with van der Waals surface area (Å²) in [7, 11) is 6.41. The van der Waals surface area contributed by atoms with E-state index in [4.69, 9.17) is 17.8 Å². The van der Waals surface area contributed by atoms with Crippen LogP contribution in [0.3, 0.4) is 0 Å². The molecule has 1 unspecified atom stereocenters. The third kappa shape index (κ3) is 3.44. The first-order chi connectivity index (χ1) is 19.8. The zero-order chi connectivity index (χ0) is 26.6. The van der Waals surface area contributed by atoms with Crippen LogP contribution in [0.2, 0.25) is 0 Å². The number of benzene rings is 6. The van der Waals surface area contributed by atoms with E-state index in [9.17, 15) is 0 Å². The fourth-order valence-electron chi connectivity index (χ4n) is 6.44. The van der Waals surface area contributed by atoms with Crippen molar-refractivity contribution in [2.24, 2.45) is 0 Å². The predicted octanol–water partition coefficient (Wildman–Crippen LogP) is 8.07. The molecule has 8 rings (SSSR count). The van der Waals surface area contributed by atoms with Crippen LogP contribution >= 0.6 is 0 Å². The van der Waals surface area contributed by atoms with Crippen LogP contribution in [0.5, 0.6) is 0 Å². The fraction of sp³-hybridized carbons (Fsp3) is 0.0270. The monoisotopic (exact) mass is 506 g/mol. The van der Waals surface area contributed by atoms with Gasteiger partial charge in [0.2, 0.25) is 0 Å². The highest BCUT2D eigenvalue weighted by atomic mass is 14.9. The van der Waals surface area contributed by atoms with Crippen molar-refractivity contribution in [2.75, 3.05) is 0 Å². The van der Waals surface area contributed by atoms with Crippen LogP contribution in [0.15, 0.2) is 134 Å². The molecule has 7 aromatic rings. The first-order valence-corrected chi connectivity index (χ1v) is 13.6. The van der Waals surface area contributed by atoms with E-state index in [1.807, 2.05) is 36.5 Å². The van der Waals surface area contributed by atoms with E-state index in [1.54, 1.807) is 0 Å². The van der Waals surface area contributed by atoms with E-state index in [0.717, 1.165) is 33.7 Å². The second-order valence-corrected chi connectivity index (χ2v) is 10.4. The molecule has 40 heavy (non-hydrogen) atoms. The maximum Gasteiger partial charge on any atom is 0.159 e. The summed E-state index contributed by atoms with van der Waals surface area (Å²) in [6, 6.07) is 44.5. The maximum atomic E-state index is 6.41. The summed E-state index contributed by atoms with van der Waals surface area (Å²) in [4.78, 5) is 10.2. The lowest BCUT2D eigenvalue weighted by atomic mass is 9.83. The summed E-state index contributed by atoms with van der Waals surface area (Å²) in [5.41, 5.74) is 9.86. The van der Waals surface area contributed by atoms with E-state index in [2.05, 4.69) is 97.1 Å². The summed E-state index contributed by atoms with van der Waals surface area (Å²) < 4.78 is 0. The molecule has 0 saturated heterocycles. The van der Waals surface area contributed by atoms with Gasteiger partial charge in [-0.3, -0.25) is 0 Å².